The average molecular weight is 441 g/mol. The molecule has 0 aromatic heterocycles. The zero-order valence-electron chi connectivity index (χ0n) is 17.6. The molecule has 0 amide bonds. The zero-order chi connectivity index (χ0) is 22.0. The molecule has 0 bridgehead atoms. The third-order valence-corrected chi connectivity index (χ3v) is 6.01. The summed E-state index contributed by atoms with van der Waals surface area (Å²) < 4.78 is 54.8. The van der Waals surface area contributed by atoms with Gasteiger partial charge >= 0.3 is 12.1 Å². The third kappa shape index (κ3) is 7.96. The molecule has 176 valence electrons. The first-order valence-electron chi connectivity index (χ1n) is 10.6. The van der Waals surface area contributed by atoms with Gasteiger partial charge in [-0.1, -0.05) is 0 Å². The predicted octanol–water partition coefficient (Wildman–Crippen LogP) is 2.58. The number of ether oxygens (including phenoxy) is 4. The Hall–Kier alpha value is -0.940. The van der Waals surface area contributed by atoms with E-state index in [1.165, 1.54) is 6.42 Å². The SMILES string of the molecule is COCCN1CCC2OCCCC2(COCC2CCOCC2)C1.O=C(O)C(F)(F)F. The van der Waals surface area contributed by atoms with Crippen molar-refractivity contribution in [1.82, 2.24) is 4.90 Å². The number of halogens is 3. The maximum atomic E-state index is 10.6. The van der Waals surface area contributed by atoms with E-state index in [-0.39, 0.29) is 5.41 Å². The van der Waals surface area contributed by atoms with Gasteiger partial charge < -0.3 is 29.0 Å². The summed E-state index contributed by atoms with van der Waals surface area (Å²) in [6.07, 6.45) is 1.11. The number of aliphatic carboxylic acids is 1. The number of rotatable bonds is 7. The van der Waals surface area contributed by atoms with Gasteiger partial charge in [-0.25, -0.2) is 4.79 Å². The molecule has 3 aliphatic heterocycles. The maximum Gasteiger partial charge on any atom is 0.490 e. The topological polar surface area (TPSA) is 77.5 Å². The highest BCUT2D eigenvalue weighted by Gasteiger charge is 2.46. The van der Waals surface area contributed by atoms with Crippen molar-refractivity contribution in [2.75, 3.05) is 66.4 Å². The van der Waals surface area contributed by atoms with E-state index in [0.717, 1.165) is 85.0 Å². The monoisotopic (exact) mass is 441 g/mol. The van der Waals surface area contributed by atoms with Crippen LogP contribution in [0.5, 0.6) is 0 Å². The molecule has 0 aromatic rings. The van der Waals surface area contributed by atoms with Crippen molar-refractivity contribution >= 4 is 5.97 Å². The summed E-state index contributed by atoms with van der Waals surface area (Å²) in [6, 6.07) is 0. The highest BCUT2D eigenvalue weighted by molar-refractivity contribution is 5.73. The Kier molecular flexibility index (Phi) is 10.3. The molecule has 7 nitrogen and oxygen atoms in total. The second-order valence-corrected chi connectivity index (χ2v) is 8.26. The molecule has 0 radical (unpaired) electrons. The molecule has 3 heterocycles. The first kappa shape index (κ1) is 25.3. The number of carboxylic acids is 1. The Morgan fingerprint density at radius 1 is 1.23 bits per heavy atom. The van der Waals surface area contributed by atoms with E-state index in [4.69, 9.17) is 28.8 Å². The fourth-order valence-electron chi connectivity index (χ4n) is 4.35. The van der Waals surface area contributed by atoms with E-state index in [2.05, 4.69) is 4.90 Å². The fourth-order valence-corrected chi connectivity index (χ4v) is 4.35. The van der Waals surface area contributed by atoms with E-state index in [1.807, 2.05) is 0 Å². The van der Waals surface area contributed by atoms with Crippen LogP contribution in [0.4, 0.5) is 13.2 Å². The molecular formula is C20H34F3NO6. The van der Waals surface area contributed by atoms with Crippen LogP contribution in [0, 0.1) is 11.3 Å². The molecule has 3 aliphatic rings. The number of methoxy groups -OCH3 is 1. The van der Waals surface area contributed by atoms with Gasteiger partial charge in [0.15, 0.2) is 0 Å². The van der Waals surface area contributed by atoms with Gasteiger partial charge in [-0.2, -0.15) is 13.2 Å². The Labute approximate surface area is 175 Å². The van der Waals surface area contributed by atoms with E-state index < -0.39 is 12.1 Å². The zero-order valence-corrected chi connectivity index (χ0v) is 17.6. The number of carbonyl (C=O) groups is 1. The van der Waals surface area contributed by atoms with E-state index >= 15 is 0 Å². The van der Waals surface area contributed by atoms with Gasteiger partial charge in [-0.05, 0) is 38.0 Å². The summed E-state index contributed by atoms with van der Waals surface area (Å²) in [5.41, 5.74) is 0.190. The lowest BCUT2D eigenvalue weighted by Crippen LogP contribution is -2.57. The smallest absolute Gasteiger partial charge is 0.475 e. The first-order valence-corrected chi connectivity index (χ1v) is 10.6. The number of hydrogen-bond acceptors (Lipinski definition) is 6. The van der Waals surface area contributed by atoms with Crippen LogP contribution >= 0.6 is 0 Å². The van der Waals surface area contributed by atoms with Crippen LogP contribution in [0.3, 0.4) is 0 Å². The van der Waals surface area contributed by atoms with Crippen LogP contribution in [0.2, 0.25) is 0 Å². The minimum atomic E-state index is -5.08. The minimum absolute atomic E-state index is 0.190. The molecule has 2 unspecified atom stereocenters. The van der Waals surface area contributed by atoms with Gasteiger partial charge in [0.05, 0.1) is 19.3 Å². The van der Waals surface area contributed by atoms with Crippen molar-refractivity contribution in [2.45, 2.75) is 44.4 Å². The van der Waals surface area contributed by atoms with Crippen molar-refractivity contribution in [2.24, 2.45) is 11.3 Å². The largest absolute Gasteiger partial charge is 0.490 e. The number of carboxylic acid groups (broad SMARTS) is 1. The highest BCUT2D eigenvalue weighted by Crippen LogP contribution is 2.40. The summed E-state index contributed by atoms with van der Waals surface area (Å²) in [7, 11) is 1.78. The normalized spacial score (nSPS) is 28.3. The first-order chi connectivity index (χ1) is 14.3. The second kappa shape index (κ2) is 12.2. The number of hydrogen-bond donors (Lipinski definition) is 1. The predicted molar refractivity (Wildman–Crippen MR) is 102 cm³/mol. The summed E-state index contributed by atoms with van der Waals surface area (Å²) in [5.74, 6) is -2.08. The van der Waals surface area contributed by atoms with E-state index in [9.17, 15) is 13.2 Å². The van der Waals surface area contributed by atoms with Crippen LogP contribution in [-0.2, 0) is 23.7 Å². The number of nitrogens with zero attached hydrogens (tertiary/aromatic N) is 1. The van der Waals surface area contributed by atoms with Gasteiger partial charge in [0.1, 0.15) is 0 Å². The molecule has 0 spiro atoms. The molecule has 0 aliphatic carbocycles. The van der Waals surface area contributed by atoms with Gasteiger partial charge in [-0.15, -0.1) is 0 Å². The van der Waals surface area contributed by atoms with Crippen LogP contribution in [0.15, 0.2) is 0 Å². The highest BCUT2D eigenvalue weighted by atomic mass is 19.4. The number of alkyl halides is 3. The molecular weight excluding hydrogens is 407 g/mol. The Morgan fingerprint density at radius 3 is 2.57 bits per heavy atom. The number of fused-ring (bicyclic) bond motifs is 1. The van der Waals surface area contributed by atoms with Gasteiger partial charge in [0.25, 0.3) is 0 Å². The lowest BCUT2D eigenvalue weighted by Gasteiger charge is -2.50. The Morgan fingerprint density at radius 2 is 1.93 bits per heavy atom. The van der Waals surface area contributed by atoms with Crippen molar-refractivity contribution in [3.8, 4) is 0 Å². The molecule has 1 N–H and O–H groups in total. The second-order valence-electron chi connectivity index (χ2n) is 8.26. The fraction of sp³-hybridized carbons (Fsp3) is 0.950. The molecule has 10 heteroatoms. The third-order valence-electron chi connectivity index (χ3n) is 6.01. The lowest BCUT2D eigenvalue weighted by molar-refractivity contribution is -0.192. The quantitative estimate of drug-likeness (QED) is 0.651. The van der Waals surface area contributed by atoms with Crippen LogP contribution in [0.25, 0.3) is 0 Å². The van der Waals surface area contributed by atoms with Crippen LogP contribution < -0.4 is 0 Å². The minimum Gasteiger partial charge on any atom is -0.475 e. The molecule has 2 atom stereocenters. The summed E-state index contributed by atoms with van der Waals surface area (Å²) >= 11 is 0. The van der Waals surface area contributed by atoms with E-state index in [1.54, 1.807) is 7.11 Å². The van der Waals surface area contributed by atoms with Gasteiger partial charge in [-0.3, -0.25) is 0 Å². The van der Waals surface area contributed by atoms with Crippen molar-refractivity contribution in [1.29, 1.82) is 0 Å². The van der Waals surface area contributed by atoms with E-state index in [0.29, 0.717) is 12.0 Å². The molecule has 30 heavy (non-hydrogen) atoms. The molecule has 3 rings (SSSR count). The lowest BCUT2D eigenvalue weighted by atomic mass is 9.73. The number of piperidine rings is 1. The summed E-state index contributed by atoms with van der Waals surface area (Å²) in [6.45, 7) is 8.49. The van der Waals surface area contributed by atoms with Crippen LogP contribution in [-0.4, -0.2) is 94.6 Å². The summed E-state index contributed by atoms with van der Waals surface area (Å²) in [5, 5.41) is 7.12. The van der Waals surface area contributed by atoms with Crippen LogP contribution in [0.1, 0.15) is 32.1 Å². The Bertz CT molecular complexity index is 515. The van der Waals surface area contributed by atoms with Gasteiger partial charge in [0.2, 0.25) is 0 Å². The number of likely N-dealkylation sites (tertiary alicyclic amines) is 1. The summed E-state index contributed by atoms with van der Waals surface area (Å²) in [4.78, 5) is 11.4. The van der Waals surface area contributed by atoms with Crippen molar-refractivity contribution in [3.05, 3.63) is 0 Å². The standard InChI is InChI=1S/C18H33NO4.C2HF3O2/c1-20-12-8-19-7-3-17-18(14-19,6-2-9-23-17)15-22-13-16-4-10-21-11-5-16;3-2(4,5)1(6)7/h16-17H,2-15H2,1H3;(H,6,7). The van der Waals surface area contributed by atoms with Crippen molar-refractivity contribution < 1.29 is 42.0 Å². The molecule has 0 saturated carbocycles. The average Bonchev–Trinajstić information content (AvgIpc) is 2.72. The molecule has 3 saturated heterocycles. The molecule has 3 fully saturated rings. The van der Waals surface area contributed by atoms with Gasteiger partial charge in [0, 0.05) is 58.6 Å². The molecule has 0 aromatic carbocycles. The maximum absolute atomic E-state index is 10.6. The Balaban J connectivity index is 0.000000396. The van der Waals surface area contributed by atoms with Crippen molar-refractivity contribution in [3.63, 3.8) is 0 Å².